The summed E-state index contributed by atoms with van der Waals surface area (Å²) in [6.07, 6.45) is 2.14. The summed E-state index contributed by atoms with van der Waals surface area (Å²) < 4.78 is 19.6. The van der Waals surface area contributed by atoms with Gasteiger partial charge >= 0.3 is 0 Å². The van der Waals surface area contributed by atoms with E-state index < -0.39 is 5.82 Å². The minimum absolute atomic E-state index is 0.148. The average molecular weight is 282 g/mol. The lowest BCUT2D eigenvalue weighted by Gasteiger charge is -2.21. The Morgan fingerprint density at radius 1 is 1.29 bits per heavy atom. The molecule has 2 aromatic rings. The van der Waals surface area contributed by atoms with E-state index in [9.17, 15) is 4.39 Å². The summed E-state index contributed by atoms with van der Waals surface area (Å²) in [5.74, 6) is 0.336. The van der Waals surface area contributed by atoms with Crippen LogP contribution in [-0.4, -0.2) is 6.54 Å². The van der Waals surface area contributed by atoms with E-state index in [0.29, 0.717) is 11.1 Å². The van der Waals surface area contributed by atoms with Crippen LogP contribution in [0.4, 0.5) is 10.1 Å². The van der Waals surface area contributed by atoms with Crippen LogP contribution >= 0.6 is 0 Å². The Hall–Kier alpha value is -2.54. The Bertz CT molecular complexity index is 706. The van der Waals surface area contributed by atoms with Crippen LogP contribution in [0, 0.1) is 17.1 Å². The summed E-state index contributed by atoms with van der Waals surface area (Å²) in [6.45, 7) is 1.08. The summed E-state index contributed by atoms with van der Waals surface area (Å²) in [7, 11) is 0. The smallest absolute Gasteiger partial charge is 0.143 e. The van der Waals surface area contributed by atoms with Crippen LogP contribution in [0.15, 0.2) is 36.4 Å². The van der Waals surface area contributed by atoms with Gasteiger partial charge in [0, 0.05) is 12.1 Å². The molecule has 1 aliphatic rings. The molecule has 106 valence electrons. The van der Waals surface area contributed by atoms with Gasteiger partial charge in [-0.1, -0.05) is 18.2 Å². The van der Waals surface area contributed by atoms with Gasteiger partial charge in [0.15, 0.2) is 0 Å². The van der Waals surface area contributed by atoms with Crippen LogP contribution in [0.25, 0.3) is 0 Å². The molecule has 0 fully saturated rings. The van der Waals surface area contributed by atoms with E-state index in [1.807, 2.05) is 18.2 Å². The molecule has 21 heavy (non-hydrogen) atoms. The molecular formula is C17H15FN2O. The SMILES string of the molecule is N#Cc1ccc(COc2cccc3c2NCCC3)c(F)c1. The quantitative estimate of drug-likeness (QED) is 0.935. The number of benzene rings is 2. The molecule has 3 nitrogen and oxygen atoms in total. The zero-order chi connectivity index (χ0) is 14.7. The number of anilines is 1. The highest BCUT2D eigenvalue weighted by Gasteiger charge is 2.13. The fraction of sp³-hybridized carbons (Fsp3) is 0.235. The third-order valence-corrected chi connectivity index (χ3v) is 3.60. The first-order valence-electron chi connectivity index (χ1n) is 6.95. The molecule has 0 atom stereocenters. The number of hydrogen-bond donors (Lipinski definition) is 1. The van der Waals surface area contributed by atoms with Crippen LogP contribution in [0.2, 0.25) is 0 Å². The van der Waals surface area contributed by atoms with Crippen molar-refractivity contribution >= 4 is 5.69 Å². The van der Waals surface area contributed by atoms with Gasteiger partial charge in [-0.05, 0) is 36.6 Å². The maximum Gasteiger partial charge on any atom is 0.143 e. The molecule has 0 spiro atoms. The molecule has 1 heterocycles. The predicted octanol–water partition coefficient (Wildman–Crippen LogP) is 3.63. The van der Waals surface area contributed by atoms with Crippen molar-refractivity contribution in [1.82, 2.24) is 0 Å². The lowest BCUT2D eigenvalue weighted by molar-refractivity contribution is 0.300. The first kappa shape index (κ1) is 13.4. The number of nitrogens with zero attached hydrogens (tertiary/aromatic N) is 1. The van der Waals surface area contributed by atoms with Crippen molar-refractivity contribution < 1.29 is 9.13 Å². The highest BCUT2D eigenvalue weighted by molar-refractivity contribution is 5.63. The van der Waals surface area contributed by atoms with Crippen molar-refractivity contribution in [2.45, 2.75) is 19.4 Å². The molecule has 1 N–H and O–H groups in total. The van der Waals surface area contributed by atoms with Crippen LogP contribution in [0.3, 0.4) is 0 Å². The number of aryl methyl sites for hydroxylation is 1. The average Bonchev–Trinajstić information content (AvgIpc) is 2.53. The Morgan fingerprint density at radius 3 is 3.00 bits per heavy atom. The molecule has 0 bridgehead atoms. The van der Waals surface area contributed by atoms with Crippen LogP contribution < -0.4 is 10.1 Å². The van der Waals surface area contributed by atoms with Gasteiger partial charge in [-0.2, -0.15) is 5.26 Å². The van der Waals surface area contributed by atoms with Crippen molar-refractivity contribution in [2.24, 2.45) is 0 Å². The van der Waals surface area contributed by atoms with Crippen molar-refractivity contribution in [3.05, 3.63) is 58.9 Å². The maximum absolute atomic E-state index is 13.8. The number of ether oxygens (including phenoxy) is 1. The van der Waals surface area contributed by atoms with Gasteiger partial charge in [-0.25, -0.2) is 4.39 Å². The number of nitrogens with one attached hydrogen (secondary N) is 1. The van der Waals surface area contributed by atoms with Crippen molar-refractivity contribution in [1.29, 1.82) is 5.26 Å². The van der Waals surface area contributed by atoms with Gasteiger partial charge in [-0.3, -0.25) is 0 Å². The monoisotopic (exact) mass is 282 g/mol. The van der Waals surface area contributed by atoms with E-state index in [-0.39, 0.29) is 6.61 Å². The standard InChI is InChI=1S/C17H15FN2O/c18-15-9-12(10-19)6-7-14(15)11-21-16-5-1-3-13-4-2-8-20-17(13)16/h1,3,5-7,9,20H,2,4,8,11H2. The number of nitriles is 1. The number of rotatable bonds is 3. The Morgan fingerprint density at radius 2 is 2.19 bits per heavy atom. The van der Waals surface area contributed by atoms with Crippen molar-refractivity contribution in [3.8, 4) is 11.8 Å². The third kappa shape index (κ3) is 2.82. The van der Waals surface area contributed by atoms with E-state index in [2.05, 4.69) is 11.4 Å². The molecule has 0 saturated carbocycles. The second-order valence-corrected chi connectivity index (χ2v) is 5.03. The molecule has 0 saturated heterocycles. The second kappa shape index (κ2) is 5.84. The van der Waals surface area contributed by atoms with E-state index in [1.54, 1.807) is 12.1 Å². The Labute approximate surface area is 123 Å². The Balaban J connectivity index is 1.78. The first-order valence-corrected chi connectivity index (χ1v) is 6.95. The second-order valence-electron chi connectivity index (χ2n) is 5.03. The van der Waals surface area contributed by atoms with Crippen LogP contribution in [-0.2, 0) is 13.0 Å². The van der Waals surface area contributed by atoms with Crippen molar-refractivity contribution in [2.75, 3.05) is 11.9 Å². The molecule has 2 aromatic carbocycles. The van der Waals surface area contributed by atoms with Crippen LogP contribution in [0.1, 0.15) is 23.1 Å². The van der Waals surface area contributed by atoms with E-state index in [0.717, 1.165) is 30.8 Å². The van der Waals surface area contributed by atoms with E-state index in [1.165, 1.54) is 11.6 Å². The van der Waals surface area contributed by atoms with E-state index in [4.69, 9.17) is 10.00 Å². The normalized spacial score (nSPS) is 13.0. The van der Waals surface area contributed by atoms with E-state index >= 15 is 0 Å². The zero-order valence-corrected chi connectivity index (χ0v) is 11.5. The lowest BCUT2D eigenvalue weighted by Crippen LogP contribution is -2.13. The summed E-state index contributed by atoms with van der Waals surface area (Å²) in [5.41, 5.74) is 3.01. The number of halogens is 1. The molecule has 0 amide bonds. The van der Waals surface area contributed by atoms with Gasteiger partial charge in [0.1, 0.15) is 18.2 Å². The number of fused-ring (bicyclic) bond motifs is 1. The molecule has 0 aliphatic carbocycles. The highest BCUT2D eigenvalue weighted by atomic mass is 19.1. The minimum atomic E-state index is -0.410. The molecule has 0 aromatic heterocycles. The van der Waals surface area contributed by atoms with Gasteiger partial charge in [0.25, 0.3) is 0 Å². The Kier molecular flexibility index (Phi) is 3.74. The lowest BCUT2D eigenvalue weighted by atomic mass is 10.0. The number of hydrogen-bond acceptors (Lipinski definition) is 3. The summed E-state index contributed by atoms with van der Waals surface area (Å²) in [5, 5.41) is 12.1. The summed E-state index contributed by atoms with van der Waals surface area (Å²) in [4.78, 5) is 0. The fourth-order valence-corrected chi connectivity index (χ4v) is 2.49. The molecule has 1 aliphatic heterocycles. The highest BCUT2D eigenvalue weighted by Crippen LogP contribution is 2.32. The number of para-hydroxylation sites is 1. The summed E-state index contributed by atoms with van der Waals surface area (Å²) >= 11 is 0. The fourth-order valence-electron chi connectivity index (χ4n) is 2.49. The molecular weight excluding hydrogens is 267 g/mol. The van der Waals surface area contributed by atoms with Gasteiger partial charge in [-0.15, -0.1) is 0 Å². The first-order chi connectivity index (χ1) is 10.3. The molecule has 3 rings (SSSR count). The summed E-state index contributed by atoms with van der Waals surface area (Å²) in [6, 6.07) is 12.3. The van der Waals surface area contributed by atoms with Gasteiger partial charge in [0.05, 0.1) is 17.3 Å². The largest absolute Gasteiger partial charge is 0.487 e. The molecule has 0 unspecified atom stereocenters. The molecule has 0 radical (unpaired) electrons. The molecule has 4 heteroatoms. The topological polar surface area (TPSA) is 45.0 Å². The maximum atomic E-state index is 13.8. The van der Waals surface area contributed by atoms with Gasteiger partial charge in [0.2, 0.25) is 0 Å². The zero-order valence-electron chi connectivity index (χ0n) is 11.5. The van der Waals surface area contributed by atoms with Crippen molar-refractivity contribution in [3.63, 3.8) is 0 Å². The van der Waals surface area contributed by atoms with Gasteiger partial charge < -0.3 is 10.1 Å². The minimum Gasteiger partial charge on any atom is -0.487 e. The third-order valence-electron chi connectivity index (χ3n) is 3.60. The predicted molar refractivity (Wildman–Crippen MR) is 78.7 cm³/mol. The van der Waals surface area contributed by atoms with Crippen LogP contribution in [0.5, 0.6) is 5.75 Å².